The van der Waals surface area contributed by atoms with Crippen molar-refractivity contribution in [3.8, 4) is 17.2 Å². The molecule has 5 aromatic rings. The zero-order valence-electron chi connectivity index (χ0n) is 70.7. The van der Waals surface area contributed by atoms with Gasteiger partial charge in [-0.25, -0.2) is 9.78 Å². The lowest BCUT2D eigenvalue weighted by atomic mass is 9.78. The highest BCUT2D eigenvalue weighted by Crippen LogP contribution is 2.43. The number of aliphatic hydroxyl groups excluding tert-OH is 3. The molecule has 0 fully saturated rings. The molecule has 0 radical (unpaired) electrons. The third-order valence-corrected chi connectivity index (χ3v) is 20.7. The number of benzene rings is 4. The summed E-state index contributed by atoms with van der Waals surface area (Å²) in [5.74, 6) is -9.87. The molecule has 658 valence electrons. The van der Waals surface area contributed by atoms with E-state index >= 15 is 4.79 Å². The van der Waals surface area contributed by atoms with Crippen molar-refractivity contribution >= 4 is 85.6 Å². The third kappa shape index (κ3) is 28.4. The molecule has 0 spiro atoms. The number of phenols is 1. The monoisotopic (exact) mass is 1670 g/mol. The van der Waals surface area contributed by atoms with Crippen LogP contribution in [0.3, 0.4) is 0 Å². The number of aliphatic hydroxyl groups is 3. The largest absolute Gasteiger partial charge is 0.507 e. The van der Waals surface area contributed by atoms with Crippen molar-refractivity contribution in [2.24, 2.45) is 47.0 Å². The molecule has 7 rings (SSSR count). The topological polar surface area (TPSA) is 464 Å². The van der Waals surface area contributed by atoms with Crippen molar-refractivity contribution in [2.75, 3.05) is 164 Å². The van der Waals surface area contributed by atoms with Crippen LogP contribution in [0.15, 0.2) is 86.5 Å². The molecule has 3 heterocycles. The van der Waals surface area contributed by atoms with E-state index < -0.39 is 129 Å². The number of methoxy groups -OCH3 is 1. The Morgan fingerprint density at radius 2 is 1.34 bits per heavy atom. The standard InChI is InChI=1S/C85H122N8O26/c1-50(2)70(90-66(97)24-28-107-32-34-109-36-38-111-40-42-113-44-45-114-43-41-112-39-37-110-35-33-108-30-25-86)62(95)46-59(18-15-26-88-84(87)105)83(104)89-60-21-19-58(20-22-60)49-93(11,12)27-31-115-61-47-63(96)71-65(48-61)118-80-72(91-71)67-68-76(100)56(8)79-69(67)81(102)85(10,119-79)116-29-23-64(106-13)53(5)78(117-57(9)94)55(7)75(99)54(6)74(98)51(3)16-14-17-52(4)82(103)92-73(80)77(68)101/h14,16-17,19-23,29,47-48,50-51,53-55,59,64,70,74-75,78,98-99H,15,18,24-28,30-46,49,86H2,1-13H3,(H7-,87,88,89,90,91,92,96,97,100,101,102,103,104,105)/p+1/b16-14+,29-23+,52-17-/t51-,53+,54+,55+,59+,64-,70-,74-,75+,78+,85-/m0/s1. The normalized spacial score (nSPS) is 21.4. The second-order valence-electron chi connectivity index (χ2n) is 30.9. The Morgan fingerprint density at radius 3 is 1.90 bits per heavy atom. The number of nitrogens with zero attached hydrogens (tertiary/aromatic N) is 2. The number of primary amides is 1. The van der Waals surface area contributed by atoms with Crippen molar-refractivity contribution in [1.82, 2.24) is 15.6 Å². The summed E-state index contributed by atoms with van der Waals surface area (Å²) in [6, 6.07) is 8.16. The van der Waals surface area contributed by atoms with Gasteiger partial charge in [0, 0.05) is 116 Å². The molecule has 11 atom stereocenters. The summed E-state index contributed by atoms with van der Waals surface area (Å²) in [5.41, 5.74) is 8.95. The highest BCUT2D eigenvalue weighted by atomic mass is 16.7. The van der Waals surface area contributed by atoms with Crippen molar-refractivity contribution in [3.63, 3.8) is 0 Å². The first-order valence-corrected chi connectivity index (χ1v) is 40.4. The summed E-state index contributed by atoms with van der Waals surface area (Å²) >= 11 is 0. The van der Waals surface area contributed by atoms with Gasteiger partial charge in [0.05, 0.1) is 161 Å². The number of likely N-dealkylation sites (N-methyl/N-ethyl adjacent to an activating group) is 1. The summed E-state index contributed by atoms with van der Waals surface area (Å²) in [4.78, 5) is 114. The first-order chi connectivity index (χ1) is 56.7. The fourth-order valence-corrected chi connectivity index (χ4v) is 13.9. The molecule has 2 aliphatic rings. The number of nitrogens with two attached hydrogens (primary N) is 2. The highest BCUT2D eigenvalue weighted by Gasteiger charge is 2.45. The van der Waals surface area contributed by atoms with Crippen molar-refractivity contribution in [2.45, 2.75) is 138 Å². The number of esters is 1. The van der Waals surface area contributed by atoms with Gasteiger partial charge >= 0.3 is 17.8 Å². The molecule has 4 aromatic carbocycles. The molecule has 0 unspecified atom stereocenters. The van der Waals surface area contributed by atoms with E-state index in [1.165, 1.54) is 71.4 Å². The minimum atomic E-state index is -2.07. The maximum Gasteiger partial charge on any atom is 0.312 e. The van der Waals surface area contributed by atoms with Crippen LogP contribution in [0.25, 0.3) is 38.7 Å². The molecule has 1 aromatic heterocycles. The van der Waals surface area contributed by atoms with Crippen LogP contribution in [0.4, 0.5) is 16.2 Å². The summed E-state index contributed by atoms with van der Waals surface area (Å²) in [6.45, 7) is 23.8. The van der Waals surface area contributed by atoms with Crippen LogP contribution < -0.4 is 58.3 Å². The average Bonchev–Trinajstić information content (AvgIpc) is 1.60. The van der Waals surface area contributed by atoms with E-state index in [1.807, 2.05) is 26.2 Å². The van der Waals surface area contributed by atoms with E-state index in [9.17, 15) is 54.0 Å². The molecule has 0 saturated heterocycles. The molecule has 0 saturated carbocycles. The number of fused-ring (bicyclic) bond motifs is 2. The number of rotatable bonds is 45. The fraction of sp³-hybridized carbons (Fsp3) is 0.588. The zero-order valence-corrected chi connectivity index (χ0v) is 70.7. The number of ketones is 1. The molecular formula is C85H123N8O26+. The number of amides is 5. The van der Waals surface area contributed by atoms with Gasteiger partial charge in [-0.15, -0.1) is 0 Å². The Kier molecular flexibility index (Phi) is 38.8. The van der Waals surface area contributed by atoms with Crippen LogP contribution >= 0.6 is 0 Å². The number of anilines is 2. The van der Waals surface area contributed by atoms with Crippen LogP contribution in [-0.2, 0) is 82.6 Å². The maximum absolute atomic E-state index is 15.2. The van der Waals surface area contributed by atoms with Crippen molar-refractivity contribution in [1.29, 1.82) is 0 Å². The molecule has 0 aliphatic carbocycles. The number of hydrogen-bond donors (Lipinski definition) is 10. The van der Waals surface area contributed by atoms with Gasteiger partial charge in [-0.2, -0.15) is 0 Å². The lowest BCUT2D eigenvalue weighted by Crippen LogP contribution is -2.46. The molecule has 119 heavy (non-hydrogen) atoms. The Hall–Kier alpha value is -9.27. The van der Waals surface area contributed by atoms with Gasteiger partial charge in [0.2, 0.25) is 22.7 Å². The van der Waals surface area contributed by atoms with Crippen LogP contribution in [0.2, 0.25) is 0 Å². The number of carbonyl (C=O) groups is 6. The number of carbonyl (C=O) groups excluding carboxylic acids is 6. The van der Waals surface area contributed by atoms with Crippen molar-refractivity contribution in [3.05, 3.63) is 109 Å². The minimum Gasteiger partial charge on any atom is -0.507 e. The summed E-state index contributed by atoms with van der Waals surface area (Å²) in [5, 5.41) is 58.0. The molecule has 34 nitrogen and oxygen atoms in total. The number of allylic oxidation sites excluding steroid dienone is 2. The predicted molar refractivity (Wildman–Crippen MR) is 443 cm³/mol. The van der Waals surface area contributed by atoms with E-state index in [0.717, 1.165) is 5.56 Å². The van der Waals surface area contributed by atoms with Crippen LogP contribution in [0, 0.1) is 42.4 Å². The molecule has 12 N–H and O–H groups in total. The Bertz CT molecular complexity index is 4480. The number of phenolic OH excluding ortho intramolecular Hbond substituents is 1. The summed E-state index contributed by atoms with van der Waals surface area (Å²) in [6.07, 6.45) is 3.45. The van der Waals surface area contributed by atoms with E-state index in [2.05, 4.69) is 21.3 Å². The lowest BCUT2D eigenvalue weighted by Gasteiger charge is -2.38. The predicted octanol–water partition coefficient (Wildman–Crippen LogP) is 5.80. The molecule has 4 bridgehead atoms. The lowest BCUT2D eigenvalue weighted by molar-refractivity contribution is -0.903. The number of hydrogen-bond acceptors (Lipinski definition) is 28. The van der Waals surface area contributed by atoms with E-state index in [4.69, 9.17) is 82.4 Å². The second kappa shape index (κ2) is 47.7. The van der Waals surface area contributed by atoms with E-state index in [1.54, 1.807) is 59.8 Å². The average molecular weight is 1670 g/mol. The first-order valence-electron chi connectivity index (χ1n) is 40.4. The Labute approximate surface area is 693 Å². The van der Waals surface area contributed by atoms with Gasteiger partial charge < -0.3 is 124 Å². The number of aromatic nitrogens is 1. The Morgan fingerprint density at radius 1 is 0.748 bits per heavy atom. The van der Waals surface area contributed by atoms with Crippen LogP contribution in [0.5, 0.6) is 17.2 Å². The molecular weight excluding hydrogens is 1550 g/mol. The second-order valence-corrected chi connectivity index (χ2v) is 30.9. The summed E-state index contributed by atoms with van der Waals surface area (Å²) < 4.78 is 81.2. The van der Waals surface area contributed by atoms with Crippen LogP contribution in [0.1, 0.15) is 99.1 Å². The van der Waals surface area contributed by atoms with Gasteiger partial charge in [0.15, 0.2) is 28.2 Å². The number of quaternary nitrogens is 1. The van der Waals surface area contributed by atoms with Gasteiger partial charge in [0.25, 0.3) is 5.91 Å². The molecule has 2 aliphatic heterocycles. The third-order valence-electron chi connectivity index (χ3n) is 20.7. The van der Waals surface area contributed by atoms with Gasteiger partial charge in [-0.05, 0) is 50.8 Å². The summed E-state index contributed by atoms with van der Waals surface area (Å²) in [7, 11) is 5.35. The number of nitrogens with one attached hydrogen (secondary N) is 4. The number of ether oxygens (including phenoxy) is 13. The maximum atomic E-state index is 15.2. The van der Waals surface area contributed by atoms with E-state index in [0.29, 0.717) is 122 Å². The van der Waals surface area contributed by atoms with Gasteiger partial charge in [0.1, 0.15) is 54.3 Å². The minimum absolute atomic E-state index is 0.00824. The van der Waals surface area contributed by atoms with Crippen LogP contribution in [-0.4, -0.2) is 255 Å². The smallest absolute Gasteiger partial charge is 0.312 e. The van der Waals surface area contributed by atoms with Gasteiger partial charge in [-0.3, -0.25) is 33.6 Å². The zero-order chi connectivity index (χ0) is 87.1. The number of Topliss-reactive ketones (excluding diaryl/α,β-unsaturated/α-hetero) is 1. The van der Waals surface area contributed by atoms with Gasteiger partial charge in [-0.1, -0.05) is 71.9 Å². The van der Waals surface area contributed by atoms with E-state index in [-0.39, 0.29) is 119 Å². The highest BCUT2D eigenvalue weighted by molar-refractivity contribution is 6.17. The molecule has 5 amide bonds. The first kappa shape index (κ1) is 96.9. The molecule has 34 heteroatoms. The SMILES string of the molecule is CO[C@H]1/C=C/O[C@@]2(C)Oc3c(C)c(O)c4c(=O)c(c5oc6cc(OCC[N+](C)(C)Cc7ccc(NC(=O)[C@H](CCCNC(N)=O)CC(=O)[C@@H](NC(=O)CCOCCOCCOCCOCCOCCOCCOCCOCCN)C(C)C)cc7)cc(=O)c6nc5c4c3=C2O)NC(=O)/C(C)=C\C=C\[C@H](C)[C@H](O)[C@@H](C)[C@@H](O)[C@@H](C)[C@H](OC(C)=O)[C@@H]1C. The Balaban J connectivity index is 0.970. The van der Waals surface area contributed by atoms with Crippen molar-refractivity contribution < 1.29 is 120 Å². The number of aromatic hydroxyl groups is 1. The number of urea groups is 1. The quantitative estimate of drug-likeness (QED) is 0.00723. The fourth-order valence-electron chi connectivity index (χ4n) is 13.9.